The average molecular weight is 344 g/mol. The number of carboxylic acids is 1. The van der Waals surface area contributed by atoms with E-state index in [2.05, 4.69) is 6.92 Å². The number of hydrogen-bond donors (Lipinski definition) is 1. The van der Waals surface area contributed by atoms with E-state index in [9.17, 15) is 4.79 Å². The third-order valence-corrected chi connectivity index (χ3v) is 3.99. The molecule has 1 N–H and O–H groups in total. The number of rotatable bonds is 16. The largest absolute Gasteiger partial charge is 0.481 e. The molecule has 0 saturated carbocycles. The number of unbranched alkanes of at least 4 members (excludes halogenated alkanes) is 14. The maximum absolute atomic E-state index is 10.3. The first-order valence-electron chi connectivity index (χ1n) is 8.99. The van der Waals surface area contributed by atoms with Crippen LogP contribution >= 0.6 is 0 Å². The van der Waals surface area contributed by atoms with Crippen LogP contribution in [0.5, 0.6) is 0 Å². The lowest BCUT2D eigenvalue weighted by Crippen LogP contribution is -1.93. The molecule has 0 bridgehead atoms. The van der Waals surface area contributed by atoms with E-state index in [0.717, 1.165) is 12.8 Å². The Kier molecular flexibility index (Phi) is 29.6. The molecule has 0 heterocycles. The maximum Gasteiger partial charge on any atom is 0.303 e. The zero-order valence-corrected chi connectivity index (χ0v) is 13.7. The first-order chi connectivity index (χ1) is 9.77. The zero-order valence-electron chi connectivity index (χ0n) is 13.7. The lowest BCUT2D eigenvalue weighted by molar-refractivity contribution is -0.137. The van der Waals surface area contributed by atoms with Crippen molar-refractivity contribution in [2.75, 3.05) is 0 Å². The van der Waals surface area contributed by atoms with Crippen LogP contribution in [0.4, 0.5) is 0 Å². The Morgan fingerprint density at radius 1 is 0.591 bits per heavy atom. The fraction of sp³-hybridized carbons (Fsp3) is 0.944. The molecule has 0 rings (SSSR count). The third kappa shape index (κ3) is 25.5. The quantitative estimate of drug-likeness (QED) is 0.340. The highest BCUT2D eigenvalue weighted by molar-refractivity contribution is 5.76. The monoisotopic (exact) mass is 344 g/mol. The van der Waals surface area contributed by atoms with E-state index in [0.29, 0.717) is 6.42 Å². The molecule has 0 aliphatic rings. The molecule has 0 aliphatic heterocycles. The Morgan fingerprint density at radius 2 is 0.864 bits per heavy atom. The van der Waals surface area contributed by atoms with E-state index in [1.165, 1.54) is 83.5 Å². The molecule has 0 spiro atoms. The zero-order chi connectivity index (χ0) is 14.9. The molecule has 0 amide bonds. The van der Waals surface area contributed by atoms with Gasteiger partial charge in [0.15, 0.2) is 34.7 Å². The SMILES string of the molecule is CCCCCCCCCCCCCCCCCC(=O)O.[AlH3].[AlH3]. The van der Waals surface area contributed by atoms with Crippen LogP contribution in [-0.2, 0) is 4.79 Å². The lowest BCUT2D eigenvalue weighted by atomic mass is 10.0. The Morgan fingerprint density at radius 3 is 1.14 bits per heavy atom. The van der Waals surface area contributed by atoms with E-state index in [-0.39, 0.29) is 34.7 Å². The van der Waals surface area contributed by atoms with E-state index in [1.54, 1.807) is 0 Å². The highest BCUT2D eigenvalue weighted by Crippen LogP contribution is 2.13. The molecule has 22 heavy (non-hydrogen) atoms. The minimum Gasteiger partial charge on any atom is -0.481 e. The number of hydrogen-bond acceptors (Lipinski definition) is 1. The van der Waals surface area contributed by atoms with Gasteiger partial charge in [-0.3, -0.25) is 4.79 Å². The predicted molar refractivity (Wildman–Crippen MR) is 107 cm³/mol. The molecular formula is C18H42Al2O2. The predicted octanol–water partition coefficient (Wildman–Crippen LogP) is 3.96. The maximum atomic E-state index is 10.3. The fourth-order valence-corrected chi connectivity index (χ4v) is 2.65. The van der Waals surface area contributed by atoms with Crippen LogP contribution in [0.1, 0.15) is 110 Å². The van der Waals surface area contributed by atoms with Crippen LogP contribution in [0, 0.1) is 0 Å². The first kappa shape index (κ1) is 27.4. The van der Waals surface area contributed by atoms with Crippen LogP contribution in [0.2, 0.25) is 0 Å². The summed E-state index contributed by atoms with van der Waals surface area (Å²) in [6.07, 6.45) is 20.2. The van der Waals surface area contributed by atoms with E-state index >= 15 is 0 Å². The van der Waals surface area contributed by atoms with Gasteiger partial charge in [-0.05, 0) is 6.42 Å². The van der Waals surface area contributed by atoms with Gasteiger partial charge in [-0.15, -0.1) is 0 Å². The molecule has 0 radical (unpaired) electrons. The van der Waals surface area contributed by atoms with Gasteiger partial charge in [-0.1, -0.05) is 96.8 Å². The van der Waals surface area contributed by atoms with Gasteiger partial charge in [0.25, 0.3) is 0 Å². The molecular weight excluding hydrogens is 302 g/mol. The van der Waals surface area contributed by atoms with Crippen LogP contribution in [-0.4, -0.2) is 45.8 Å². The van der Waals surface area contributed by atoms with E-state index < -0.39 is 5.97 Å². The molecule has 0 aliphatic carbocycles. The Balaban J connectivity index is -0.00000180. The molecule has 0 aromatic heterocycles. The van der Waals surface area contributed by atoms with Gasteiger partial charge in [-0.25, -0.2) is 0 Å². The van der Waals surface area contributed by atoms with Crippen molar-refractivity contribution in [2.45, 2.75) is 110 Å². The van der Waals surface area contributed by atoms with Crippen molar-refractivity contribution in [1.29, 1.82) is 0 Å². The molecule has 132 valence electrons. The fourth-order valence-electron chi connectivity index (χ4n) is 2.65. The highest BCUT2D eigenvalue weighted by atomic mass is 27.0. The van der Waals surface area contributed by atoms with Crippen LogP contribution in [0.25, 0.3) is 0 Å². The lowest BCUT2D eigenvalue weighted by Gasteiger charge is -2.03. The highest BCUT2D eigenvalue weighted by Gasteiger charge is 1.97. The topological polar surface area (TPSA) is 37.3 Å². The summed E-state index contributed by atoms with van der Waals surface area (Å²) in [4.78, 5) is 10.3. The molecule has 0 atom stereocenters. The molecule has 4 heteroatoms. The summed E-state index contributed by atoms with van der Waals surface area (Å²) < 4.78 is 0. The number of carbonyl (C=O) groups is 1. The van der Waals surface area contributed by atoms with Crippen molar-refractivity contribution in [1.82, 2.24) is 0 Å². The van der Waals surface area contributed by atoms with Crippen molar-refractivity contribution in [3.05, 3.63) is 0 Å². The molecule has 0 unspecified atom stereocenters. The Labute approximate surface area is 160 Å². The minimum absolute atomic E-state index is 0. The first-order valence-corrected chi connectivity index (χ1v) is 8.99. The number of aliphatic carboxylic acids is 1. The second-order valence-electron chi connectivity index (χ2n) is 6.09. The summed E-state index contributed by atoms with van der Waals surface area (Å²) in [5.74, 6) is -0.653. The van der Waals surface area contributed by atoms with Gasteiger partial charge in [0, 0.05) is 6.42 Å². The summed E-state index contributed by atoms with van der Waals surface area (Å²) in [7, 11) is 0. The Hall–Kier alpha value is 0.535. The van der Waals surface area contributed by atoms with Crippen molar-refractivity contribution in [3.8, 4) is 0 Å². The Bertz CT molecular complexity index is 211. The van der Waals surface area contributed by atoms with Gasteiger partial charge in [-0.2, -0.15) is 0 Å². The molecule has 0 aromatic rings. The second kappa shape index (κ2) is 23.8. The van der Waals surface area contributed by atoms with Crippen molar-refractivity contribution in [2.24, 2.45) is 0 Å². The van der Waals surface area contributed by atoms with Crippen LogP contribution in [0.15, 0.2) is 0 Å². The van der Waals surface area contributed by atoms with Gasteiger partial charge < -0.3 is 5.11 Å². The average Bonchev–Trinajstić information content (AvgIpc) is 2.43. The summed E-state index contributed by atoms with van der Waals surface area (Å²) in [5.41, 5.74) is 0. The van der Waals surface area contributed by atoms with E-state index in [1.807, 2.05) is 0 Å². The van der Waals surface area contributed by atoms with Crippen LogP contribution in [0.3, 0.4) is 0 Å². The van der Waals surface area contributed by atoms with Crippen molar-refractivity contribution in [3.63, 3.8) is 0 Å². The summed E-state index contributed by atoms with van der Waals surface area (Å²) >= 11 is 0. The normalized spacial score (nSPS) is 9.86. The van der Waals surface area contributed by atoms with Crippen LogP contribution < -0.4 is 0 Å². The van der Waals surface area contributed by atoms with Gasteiger partial charge in [0.05, 0.1) is 0 Å². The van der Waals surface area contributed by atoms with Crippen molar-refractivity contribution < 1.29 is 9.90 Å². The van der Waals surface area contributed by atoms with Gasteiger partial charge in [0.1, 0.15) is 0 Å². The molecule has 0 fully saturated rings. The summed E-state index contributed by atoms with van der Waals surface area (Å²) in [5, 5.41) is 8.52. The second-order valence-corrected chi connectivity index (χ2v) is 6.09. The standard InChI is InChI=1S/C18H36O2.2Al.6H/c1-2-3-4-5-6-7-8-9-10-11-12-13-14-15-16-17-18(19)20;;;;;;;;/h2-17H2,1H3,(H,19,20);;;;;;;;. The number of carboxylic acid groups (broad SMARTS) is 1. The van der Waals surface area contributed by atoms with E-state index in [4.69, 9.17) is 5.11 Å². The minimum atomic E-state index is -0.653. The van der Waals surface area contributed by atoms with Gasteiger partial charge in [0.2, 0.25) is 0 Å². The smallest absolute Gasteiger partial charge is 0.303 e. The summed E-state index contributed by atoms with van der Waals surface area (Å²) in [6.45, 7) is 2.27. The summed E-state index contributed by atoms with van der Waals surface area (Å²) in [6, 6.07) is 0. The molecule has 0 saturated heterocycles. The molecule has 2 nitrogen and oxygen atoms in total. The van der Waals surface area contributed by atoms with Gasteiger partial charge >= 0.3 is 5.97 Å². The third-order valence-electron chi connectivity index (χ3n) is 3.99. The molecule has 0 aromatic carbocycles. The van der Waals surface area contributed by atoms with Crippen molar-refractivity contribution >= 4 is 40.7 Å².